The van der Waals surface area contributed by atoms with Crippen LogP contribution in [0.4, 0.5) is 0 Å². The lowest BCUT2D eigenvalue weighted by atomic mass is 9.98. The number of aliphatic hydroxyl groups is 7. The second kappa shape index (κ2) is 38.1. The first kappa shape index (κ1) is 59.3. The monoisotopic (exact) mass is 939 g/mol. The van der Waals surface area contributed by atoms with Crippen molar-refractivity contribution < 1.29 is 73.8 Å². The molecule has 0 aliphatic carbocycles. The van der Waals surface area contributed by atoms with Crippen molar-refractivity contribution in [1.82, 2.24) is 0 Å². The number of carbonyl (C=O) groups excluding carboxylic acids is 2. The standard InChI is InChI=1S/C51H86O15/c1-3-5-7-9-11-13-15-16-17-18-19-20-21-22-24-25-27-29-31-33-42(53)61-36-39(64-43(54)34-32-30-28-26-23-14-12-10-8-6-4-2)37-62-50-49(60)47(58)45(56)41(66-50)38-63-51-48(59)46(57)44(55)40(35-52)65-51/h5,7,11,13,16-17,19-20,22,24,39-41,44-52,55-60H,3-4,6,8-10,12,14-15,18,21,23,25-38H2,1-2H3/b7-5+,13-11+,17-16+,20-19+,24-22+/t39-,40+,41+,44-,45-,46?,47?,48?,49?,50+,51+/m0/s1. The molecule has 0 bridgehead atoms. The maximum absolute atomic E-state index is 12.9. The number of hydrogen-bond donors (Lipinski definition) is 7. The summed E-state index contributed by atoms with van der Waals surface area (Å²) in [6.45, 7) is 2.41. The zero-order valence-corrected chi connectivity index (χ0v) is 39.9. The van der Waals surface area contributed by atoms with Crippen LogP contribution in [0.25, 0.3) is 0 Å². The molecule has 0 aromatic heterocycles. The van der Waals surface area contributed by atoms with Crippen LogP contribution in [0, 0.1) is 0 Å². The van der Waals surface area contributed by atoms with Gasteiger partial charge in [0.15, 0.2) is 18.7 Å². The lowest BCUT2D eigenvalue weighted by molar-refractivity contribution is -0.332. The van der Waals surface area contributed by atoms with Crippen molar-refractivity contribution in [3.05, 3.63) is 60.8 Å². The lowest BCUT2D eigenvalue weighted by Gasteiger charge is -2.42. The molecule has 2 rings (SSSR count). The number of aliphatic hydroxyl groups excluding tert-OH is 7. The first-order chi connectivity index (χ1) is 32.0. The third-order valence-electron chi connectivity index (χ3n) is 11.5. The summed E-state index contributed by atoms with van der Waals surface area (Å²) in [6, 6.07) is 0. The molecule has 380 valence electrons. The zero-order valence-electron chi connectivity index (χ0n) is 39.9. The SMILES string of the molecule is CC/C=C/C/C=C/C/C=C/C/C=C/C/C=C/CCCCCC(=O)OC[C@@H](CO[C@@H]1O[C@H](CO[C@@H]2O[C@H](CO)[C@H](O)C(O)C2O)[C@H](O)C(O)C1O)OC(=O)CCCCCCCCCCCCC. The predicted molar refractivity (Wildman–Crippen MR) is 252 cm³/mol. The fraction of sp³-hybridized carbons (Fsp3) is 0.765. The van der Waals surface area contributed by atoms with E-state index < -0.39 is 99.3 Å². The van der Waals surface area contributed by atoms with Crippen molar-refractivity contribution in [2.75, 3.05) is 26.4 Å². The van der Waals surface area contributed by atoms with Gasteiger partial charge in [-0.15, -0.1) is 0 Å². The Morgan fingerprint density at radius 3 is 1.50 bits per heavy atom. The minimum absolute atomic E-state index is 0.157. The molecule has 0 amide bonds. The van der Waals surface area contributed by atoms with Crippen LogP contribution in [0.15, 0.2) is 60.8 Å². The normalized spacial score (nSPS) is 26.7. The van der Waals surface area contributed by atoms with Crippen LogP contribution in [0.2, 0.25) is 0 Å². The van der Waals surface area contributed by atoms with E-state index in [4.69, 9.17) is 28.4 Å². The molecule has 4 unspecified atom stereocenters. The molecule has 2 aliphatic rings. The topological polar surface area (TPSA) is 231 Å². The van der Waals surface area contributed by atoms with Gasteiger partial charge in [0.2, 0.25) is 0 Å². The van der Waals surface area contributed by atoms with Gasteiger partial charge < -0.3 is 64.2 Å². The molecule has 15 nitrogen and oxygen atoms in total. The fourth-order valence-electron chi connectivity index (χ4n) is 7.42. The van der Waals surface area contributed by atoms with Crippen molar-refractivity contribution in [2.45, 2.75) is 223 Å². The molecular formula is C51H86O15. The largest absolute Gasteiger partial charge is 0.462 e. The van der Waals surface area contributed by atoms with Crippen molar-refractivity contribution in [3.8, 4) is 0 Å². The van der Waals surface area contributed by atoms with Gasteiger partial charge >= 0.3 is 11.9 Å². The Morgan fingerprint density at radius 2 is 0.955 bits per heavy atom. The molecule has 0 aromatic rings. The van der Waals surface area contributed by atoms with Crippen LogP contribution in [0.5, 0.6) is 0 Å². The van der Waals surface area contributed by atoms with Gasteiger partial charge in [-0.3, -0.25) is 9.59 Å². The molecule has 7 N–H and O–H groups in total. The fourth-order valence-corrected chi connectivity index (χ4v) is 7.42. The molecule has 15 heteroatoms. The second-order valence-corrected chi connectivity index (χ2v) is 17.3. The third kappa shape index (κ3) is 26.1. The highest BCUT2D eigenvalue weighted by atomic mass is 16.7. The van der Waals surface area contributed by atoms with E-state index in [0.717, 1.165) is 70.6 Å². The van der Waals surface area contributed by atoms with Crippen molar-refractivity contribution in [1.29, 1.82) is 0 Å². The highest BCUT2D eigenvalue weighted by Gasteiger charge is 2.47. The summed E-state index contributed by atoms with van der Waals surface area (Å²) >= 11 is 0. The number of allylic oxidation sites excluding steroid dienone is 10. The van der Waals surface area contributed by atoms with Gasteiger partial charge in [-0.2, -0.15) is 0 Å². The molecule has 0 aromatic carbocycles. The zero-order chi connectivity index (χ0) is 48.2. The van der Waals surface area contributed by atoms with Gasteiger partial charge in [-0.1, -0.05) is 145 Å². The first-order valence-electron chi connectivity index (χ1n) is 24.9. The van der Waals surface area contributed by atoms with Crippen molar-refractivity contribution in [3.63, 3.8) is 0 Å². The van der Waals surface area contributed by atoms with Crippen LogP contribution in [0.3, 0.4) is 0 Å². The minimum atomic E-state index is -1.77. The smallest absolute Gasteiger partial charge is 0.306 e. The average molecular weight is 939 g/mol. The minimum Gasteiger partial charge on any atom is -0.462 e. The van der Waals surface area contributed by atoms with E-state index >= 15 is 0 Å². The Kier molecular flexibility index (Phi) is 34.2. The molecule has 2 fully saturated rings. The Bertz CT molecular complexity index is 1380. The molecule has 0 saturated carbocycles. The number of carbonyl (C=O) groups is 2. The summed E-state index contributed by atoms with van der Waals surface area (Å²) < 4.78 is 33.5. The van der Waals surface area contributed by atoms with Gasteiger partial charge in [-0.25, -0.2) is 0 Å². The highest BCUT2D eigenvalue weighted by molar-refractivity contribution is 5.70. The van der Waals surface area contributed by atoms with Gasteiger partial charge in [0, 0.05) is 12.8 Å². The van der Waals surface area contributed by atoms with E-state index in [1.54, 1.807) is 0 Å². The van der Waals surface area contributed by atoms with Gasteiger partial charge in [0.1, 0.15) is 55.4 Å². The molecule has 2 aliphatic heterocycles. The summed E-state index contributed by atoms with van der Waals surface area (Å²) in [5, 5.41) is 72.0. The number of ether oxygens (including phenoxy) is 6. The van der Waals surface area contributed by atoms with Crippen LogP contribution in [-0.2, 0) is 38.0 Å². The van der Waals surface area contributed by atoms with Gasteiger partial charge in [0.05, 0.1) is 19.8 Å². The quantitative estimate of drug-likeness (QED) is 0.0201. The first-order valence-corrected chi connectivity index (χ1v) is 24.9. The van der Waals surface area contributed by atoms with Crippen LogP contribution in [0.1, 0.15) is 155 Å². The van der Waals surface area contributed by atoms with E-state index in [9.17, 15) is 45.3 Å². The van der Waals surface area contributed by atoms with Crippen LogP contribution < -0.4 is 0 Å². The predicted octanol–water partition coefficient (Wildman–Crippen LogP) is 6.49. The number of hydrogen-bond acceptors (Lipinski definition) is 15. The molecule has 0 radical (unpaired) electrons. The van der Waals surface area contributed by atoms with E-state index in [2.05, 4.69) is 74.6 Å². The van der Waals surface area contributed by atoms with Gasteiger partial charge in [-0.05, 0) is 57.8 Å². The van der Waals surface area contributed by atoms with Gasteiger partial charge in [0.25, 0.3) is 0 Å². The van der Waals surface area contributed by atoms with Crippen molar-refractivity contribution in [2.24, 2.45) is 0 Å². The summed E-state index contributed by atoms with van der Waals surface area (Å²) in [5.41, 5.74) is 0. The van der Waals surface area contributed by atoms with Crippen molar-refractivity contribution >= 4 is 11.9 Å². The maximum atomic E-state index is 12.9. The summed E-state index contributed by atoms with van der Waals surface area (Å²) in [5.74, 6) is -0.966. The molecule has 0 spiro atoms. The molecule has 2 saturated heterocycles. The Hall–Kier alpha value is -2.80. The molecule has 66 heavy (non-hydrogen) atoms. The number of rotatable bonds is 37. The molecule has 2 heterocycles. The average Bonchev–Trinajstić information content (AvgIpc) is 3.31. The highest BCUT2D eigenvalue weighted by Crippen LogP contribution is 2.26. The maximum Gasteiger partial charge on any atom is 0.306 e. The summed E-state index contributed by atoms with van der Waals surface area (Å²) in [6.07, 6.45) is 25.4. The Morgan fingerprint density at radius 1 is 0.500 bits per heavy atom. The molecule has 11 atom stereocenters. The lowest BCUT2D eigenvalue weighted by Crippen LogP contribution is -2.61. The Labute approximate surface area is 394 Å². The van der Waals surface area contributed by atoms with E-state index in [0.29, 0.717) is 12.8 Å². The second-order valence-electron chi connectivity index (χ2n) is 17.3. The van der Waals surface area contributed by atoms with E-state index in [1.165, 1.54) is 44.9 Å². The third-order valence-corrected chi connectivity index (χ3v) is 11.5. The number of unbranched alkanes of at least 4 members (excludes halogenated alkanes) is 13. The summed E-state index contributed by atoms with van der Waals surface area (Å²) in [7, 11) is 0. The summed E-state index contributed by atoms with van der Waals surface area (Å²) in [4.78, 5) is 25.7. The van der Waals surface area contributed by atoms with E-state index in [1.807, 2.05) is 0 Å². The van der Waals surface area contributed by atoms with Crippen LogP contribution in [-0.4, -0.2) is 142 Å². The Balaban J connectivity index is 1.82. The number of esters is 2. The molecular weight excluding hydrogens is 853 g/mol. The van der Waals surface area contributed by atoms with Crippen LogP contribution >= 0.6 is 0 Å². The van der Waals surface area contributed by atoms with E-state index in [-0.39, 0.29) is 19.4 Å².